The van der Waals surface area contributed by atoms with Gasteiger partial charge in [0.25, 0.3) is 5.56 Å². The van der Waals surface area contributed by atoms with E-state index in [9.17, 15) is 9.59 Å². The molecule has 142 valence electrons. The van der Waals surface area contributed by atoms with Gasteiger partial charge < -0.3 is 5.32 Å². The van der Waals surface area contributed by atoms with Gasteiger partial charge in [0.15, 0.2) is 5.16 Å². The lowest BCUT2D eigenvalue weighted by molar-refractivity contribution is -0.119. The lowest BCUT2D eigenvalue weighted by Crippen LogP contribution is -2.37. The Bertz CT molecular complexity index is 1050. The van der Waals surface area contributed by atoms with Gasteiger partial charge >= 0.3 is 0 Å². The Balaban J connectivity index is 1.99. The molecule has 2 heterocycles. The maximum absolute atomic E-state index is 12.8. The first-order valence-corrected chi connectivity index (χ1v) is 9.82. The van der Waals surface area contributed by atoms with Crippen LogP contribution >= 0.6 is 11.8 Å². The Morgan fingerprint density at radius 1 is 1.30 bits per heavy atom. The standard InChI is InChI=1S/C19H23N5O2S/c1-5-10-23-17(26)14-8-6-7-9-15(14)24-18(23)21-22-19(24)27-11-16(25)20-13(4)12(2)3/h5-9,12-13H,1,10-11H2,2-4H3,(H,20,25)/t13-/m1/s1. The topological polar surface area (TPSA) is 81.3 Å². The van der Waals surface area contributed by atoms with Gasteiger partial charge in [-0.25, -0.2) is 0 Å². The first-order valence-electron chi connectivity index (χ1n) is 8.83. The van der Waals surface area contributed by atoms with Crippen LogP contribution in [0.1, 0.15) is 20.8 Å². The van der Waals surface area contributed by atoms with E-state index in [0.29, 0.717) is 28.8 Å². The monoisotopic (exact) mass is 385 g/mol. The lowest BCUT2D eigenvalue weighted by atomic mass is 10.1. The zero-order chi connectivity index (χ0) is 19.6. The molecule has 8 heteroatoms. The highest BCUT2D eigenvalue weighted by atomic mass is 32.2. The molecule has 2 aromatic heterocycles. The van der Waals surface area contributed by atoms with Crippen LogP contribution in [0.5, 0.6) is 0 Å². The molecule has 1 atom stereocenters. The molecule has 0 fully saturated rings. The van der Waals surface area contributed by atoms with Gasteiger partial charge in [0.2, 0.25) is 11.7 Å². The summed E-state index contributed by atoms with van der Waals surface area (Å²) < 4.78 is 3.36. The van der Waals surface area contributed by atoms with Crippen molar-refractivity contribution in [3.8, 4) is 0 Å². The van der Waals surface area contributed by atoms with Crippen molar-refractivity contribution in [2.45, 2.75) is 38.5 Å². The van der Waals surface area contributed by atoms with E-state index >= 15 is 0 Å². The van der Waals surface area contributed by atoms with Gasteiger partial charge in [0.1, 0.15) is 0 Å². The van der Waals surface area contributed by atoms with E-state index < -0.39 is 0 Å². The van der Waals surface area contributed by atoms with Crippen LogP contribution in [0.15, 0.2) is 46.9 Å². The van der Waals surface area contributed by atoms with Crippen LogP contribution in [0.2, 0.25) is 0 Å². The molecule has 3 aromatic rings. The highest BCUT2D eigenvalue weighted by molar-refractivity contribution is 7.99. The number of fused-ring (bicyclic) bond motifs is 3. The highest BCUT2D eigenvalue weighted by Crippen LogP contribution is 2.21. The minimum atomic E-state index is -0.134. The van der Waals surface area contributed by atoms with Crippen molar-refractivity contribution in [3.63, 3.8) is 0 Å². The fourth-order valence-corrected chi connectivity index (χ4v) is 3.46. The molecule has 0 bridgehead atoms. The summed E-state index contributed by atoms with van der Waals surface area (Å²) in [5.74, 6) is 0.983. The van der Waals surface area contributed by atoms with E-state index in [2.05, 4.69) is 35.9 Å². The molecule has 0 saturated carbocycles. The molecule has 1 amide bonds. The van der Waals surface area contributed by atoms with Crippen molar-refractivity contribution in [3.05, 3.63) is 47.3 Å². The fourth-order valence-electron chi connectivity index (χ4n) is 2.71. The van der Waals surface area contributed by atoms with Gasteiger partial charge in [-0.2, -0.15) is 0 Å². The predicted octanol–water partition coefficient (Wildman–Crippen LogP) is 2.48. The first kappa shape index (κ1) is 19.2. The summed E-state index contributed by atoms with van der Waals surface area (Å²) in [4.78, 5) is 25.0. The van der Waals surface area contributed by atoms with Gasteiger partial charge in [0, 0.05) is 12.6 Å². The number of carbonyl (C=O) groups is 1. The molecule has 0 spiro atoms. The van der Waals surface area contributed by atoms with E-state index in [1.807, 2.05) is 29.5 Å². The number of benzene rings is 1. The van der Waals surface area contributed by atoms with Crippen LogP contribution in [0.25, 0.3) is 16.7 Å². The van der Waals surface area contributed by atoms with Gasteiger partial charge in [-0.05, 0) is 25.0 Å². The Hall–Kier alpha value is -2.61. The molecule has 0 unspecified atom stereocenters. The number of amides is 1. The van der Waals surface area contributed by atoms with Crippen molar-refractivity contribution in [1.82, 2.24) is 24.5 Å². The number of thioether (sulfide) groups is 1. The minimum Gasteiger partial charge on any atom is -0.353 e. The number of aromatic nitrogens is 4. The van der Waals surface area contributed by atoms with Crippen molar-refractivity contribution >= 4 is 34.3 Å². The maximum atomic E-state index is 12.8. The predicted molar refractivity (Wildman–Crippen MR) is 108 cm³/mol. The van der Waals surface area contributed by atoms with Gasteiger partial charge in [-0.3, -0.25) is 18.6 Å². The number of nitrogens with one attached hydrogen (secondary N) is 1. The van der Waals surface area contributed by atoms with Crippen LogP contribution < -0.4 is 10.9 Å². The van der Waals surface area contributed by atoms with Crippen molar-refractivity contribution < 1.29 is 4.79 Å². The summed E-state index contributed by atoms with van der Waals surface area (Å²) in [6.45, 7) is 10.2. The molecule has 0 aliphatic rings. The largest absolute Gasteiger partial charge is 0.353 e. The quantitative estimate of drug-likeness (QED) is 0.499. The van der Waals surface area contributed by atoms with Crippen molar-refractivity contribution in [1.29, 1.82) is 0 Å². The average molecular weight is 385 g/mol. The Kier molecular flexibility index (Phi) is 5.65. The third kappa shape index (κ3) is 3.75. The molecule has 7 nitrogen and oxygen atoms in total. The second-order valence-electron chi connectivity index (χ2n) is 6.73. The second-order valence-corrected chi connectivity index (χ2v) is 7.67. The number of rotatable bonds is 7. The van der Waals surface area contributed by atoms with Crippen LogP contribution in [-0.2, 0) is 11.3 Å². The number of nitrogens with zero attached hydrogens (tertiary/aromatic N) is 4. The van der Waals surface area contributed by atoms with Gasteiger partial charge in [-0.15, -0.1) is 16.8 Å². The number of hydrogen-bond acceptors (Lipinski definition) is 5. The molecule has 27 heavy (non-hydrogen) atoms. The Morgan fingerprint density at radius 2 is 2.04 bits per heavy atom. The summed E-state index contributed by atoms with van der Waals surface area (Å²) in [6, 6.07) is 7.43. The Labute approximate surface area is 161 Å². The van der Waals surface area contributed by atoms with Crippen LogP contribution in [-0.4, -0.2) is 36.9 Å². The van der Waals surface area contributed by atoms with Crippen molar-refractivity contribution in [2.75, 3.05) is 5.75 Å². The third-order valence-electron chi connectivity index (χ3n) is 4.51. The second kappa shape index (κ2) is 7.96. The minimum absolute atomic E-state index is 0.0540. The third-order valence-corrected chi connectivity index (χ3v) is 5.44. The summed E-state index contributed by atoms with van der Waals surface area (Å²) in [6.07, 6.45) is 1.65. The maximum Gasteiger partial charge on any atom is 0.263 e. The molecule has 3 rings (SSSR count). The Morgan fingerprint density at radius 3 is 2.74 bits per heavy atom. The summed E-state index contributed by atoms with van der Waals surface area (Å²) >= 11 is 1.30. The molecule has 1 aromatic carbocycles. The van der Waals surface area contributed by atoms with E-state index in [0.717, 1.165) is 5.52 Å². The van der Waals surface area contributed by atoms with Gasteiger partial charge in [-0.1, -0.05) is 43.8 Å². The molecule has 1 N–H and O–H groups in total. The van der Waals surface area contributed by atoms with Crippen LogP contribution in [0, 0.1) is 5.92 Å². The average Bonchev–Trinajstić information content (AvgIpc) is 3.07. The zero-order valence-corrected chi connectivity index (χ0v) is 16.5. The molecular weight excluding hydrogens is 362 g/mol. The summed E-state index contributed by atoms with van der Waals surface area (Å²) in [7, 11) is 0. The number of para-hydroxylation sites is 1. The van der Waals surface area contributed by atoms with Gasteiger partial charge in [0.05, 0.1) is 16.7 Å². The fraction of sp³-hybridized carbons (Fsp3) is 0.368. The first-order chi connectivity index (χ1) is 12.9. The molecule has 0 saturated heterocycles. The number of carbonyl (C=O) groups excluding carboxylic acids is 1. The zero-order valence-electron chi connectivity index (χ0n) is 15.7. The number of allylic oxidation sites excluding steroid dienone is 1. The van der Waals surface area contributed by atoms with Crippen LogP contribution in [0.3, 0.4) is 0 Å². The summed E-state index contributed by atoms with van der Waals surface area (Å²) in [5.41, 5.74) is 0.590. The van der Waals surface area contributed by atoms with E-state index in [1.54, 1.807) is 12.1 Å². The lowest BCUT2D eigenvalue weighted by Gasteiger charge is -2.17. The molecule has 0 radical (unpaired) electrons. The smallest absolute Gasteiger partial charge is 0.263 e. The van der Waals surface area contributed by atoms with Crippen molar-refractivity contribution in [2.24, 2.45) is 5.92 Å². The SMILES string of the molecule is C=CCn1c(=O)c2ccccc2n2c(SCC(=O)N[C@H](C)C(C)C)nnc12. The van der Waals surface area contributed by atoms with Crippen LogP contribution in [0.4, 0.5) is 0 Å². The van der Waals surface area contributed by atoms with E-state index in [-0.39, 0.29) is 23.3 Å². The molecule has 0 aliphatic heterocycles. The molecule has 0 aliphatic carbocycles. The normalized spacial score (nSPS) is 12.6. The highest BCUT2D eigenvalue weighted by Gasteiger charge is 2.17. The summed E-state index contributed by atoms with van der Waals surface area (Å²) in [5, 5.41) is 12.5. The van der Waals surface area contributed by atoms with E-state index in [1.165, 1.54) is 16.3 Å². The molecular formula is C19H23N5O2S. The number of hydrogen-bond donors (Lipinski definition) is 1. The van der Waals surface area contributed by atoms with E-state index in [4.69, 9.17) is 0 Å².